The van der Waals surface area contributed by atoms with Gasteiger partial charge in [-0.2, -0.15) is 0 Å². The van der Waals surface area contributed by atoms with E-state index >= 15 is 0 Å². The molecule has 0 saturated carbocycles. The van der Waals surface area contributed by atoms with Crippen molar-refractivity contribution in [3.05, 3.63) is 57.8 Å². The molecule has 2 rings (SSSR count). The van der Waals surface area contributed by atoms with Crippen LogP contribution >= 0.6 is 0 Å². The summed E-state index contributed by atoms with van der Waals surface area (Å²) in [4.78, 5) is 13.4. The van der Waals surface area contributed by atoms with E-state index in [4.69, 9.17) is 4.74 Å². The van der Waals surface area contributed by atoms with Crippen molar-refractivity contribution < 1.29 is 18.4 Å². The topological polar surface area (TPSA) is 65.3 Å². The molecule has 5 nitrogen and oxygen atoms in total. The highest BCUT2D eigenvalue weighted by molar-refractivity contribution is 5.39. The lowest BCUT2D eigenvalue weighted by molar-refractivity contribution is -0.389. The minimum absolute atomic E-state index is 0.0451. The highest BCUT2D eigenvalue weighted by Crippen LogP contribution is 2.27. The SMILES string of the molecule is Cc1cc([N+](=O)[O-])ncc1Oc1cc(F)cc(F)c1. The number of aryl methyl sites for hydroxylation is 1. The van der Waals surface area contributed by atoms with Gasteiger partial charge in [-0.25, -0.2) is 8.78 Å². The molecule has 0 bridgehead atoms. The van der Waals surface area contributed by atoms with E-state index in [0.29, 0.717) is 11.6 Å². The van der Waals surface area contributed by atoms with Crippen molar-refractivity contribution in [2.45, 2.75) is 6.92 Å². The molecule has 1 aromatic carbocycles. The predicted octanol–water partition coefficient (Wildman–Crippen LogP) is 3.37. The average Bonchev–Trinajstić information content (AvgIpc) is 2.30. The maximum Gasteiger partial charge on any atom is 0.363 e. The van der Waals surface area contributed by atoms with Crippen LogP contribution in [0.4, 0.5) is 14.6 Å². The molecular formula is C12H8F2N2O3. The summed E-state index contributed by atoms with van der Waals surface area (Å²) < 4.78 is 31.2. The van der Waals surface area contributed by atoms with Crippen LogP contribution in [0.15, 0.2) is 30.5 Å². The normalized spacial score (nSPS) is 10.3. The van der Waals surface area contributed by atoms with Crippen LogP contribution < -0.4 is 4.74 Å². The number of rotatable bonds is 3. The third kappa shape index (κ3) is 3.01. The fourth-order valence-electron chi connectivity index (χ4n) is 1.45. The van der Waals surface area contributed by atoms with Gasteiger partial charge < -0.3 is 14.9 Å². The van der Waals surface area contributed by atoms with E-state index in [-0.39, 0.29) is 17.3 Å². The summed E-state index contributed by atoms with van der Waals surface area (Å²) in [5, 5.41) is 10.5. The molecule has 1 aromatic heterocycles. The van der Waals surface area contributed by atoms with Gasteiger partial charge in [0.2, 0.25) is 0 Å². The van der Waals surface area contributed by atoms with Crippen molar-refractivity contribution in [2.75, 3.05) is 0 Å². The second-order valence-electron chi connectivity index (χ2n) is 3.77. The highest BCUT2D eigenvalue weighted by Gasteiger charge is 2.12. The van der Waals surface area contributed by atoms with E-state index in [0.717, 1.165) is 18.3 Å². The Morgan fingerprint density at radius 3 is 2.37 bits per heavy atom. The van der Waals surface area contributed by atoms with E-state index in [1.807, 2.05) is 0 Å². The zero-order valence-electron chi connectivity index (χ0n) is 9.76. The molecule has 0 radical (unpaired) electrons. The molecule has 0 aliphatic rings. The Bertz CT molecular complexity index is 627. The zero-order chi connectivity index (χ0) is 14.0. The van der Waals surface area contributed by atoms with Gasteiger partial charge in [-0.05, 0) is 16.8 Å². The van der Waals surface area contributed by atoms with Crippen LogP contribution in [0.25, 0.3) is 0 Å². The van der Waals surface area contributed by atoms with Crippen LogP contribution in [0.5, 0.6) is 11.5 Å². The molecule has 2 aromatic rings. The summed E-state index contributed by atoms with van der Waals surface area (Å²) in [7, 11) is 0. The van der Waals surface area contributed by atoms with Crippen LogP contribution in [0.3, 0.4) is 0 Å². The second-order valence-corrected chi connectivity index (χ2v) is 3.77. The highest BCUT2D eigenvalue weighted by atomic mass is 19.1. The summed E-state index contributed by atoms with van der Waals surface area (Å²) in [6.07, 6.45) is 1.14. The smallest absolute Gasteiger partial charge is 0.363 e. The van der Waals surface area contributed by atoms with Crippen LogP contribution in [0.2, 0.25) is 0 Å². The maximum absolute atomic E-state index is 13.0. The van der Waals surface area contributed by atoms with Gasteiger partial charge in [-0.1, -0.05) is 0 Å². The molecule has 0 atom stereocenters. The first-order chi connectivity index (χ1) is 8.95. The second kappa shape index (κ2) is 4.97. The summed E-state index contributed by atoms with van der Waals surface area (Å²) >= 11 is 0. The minimum Gasteiger partial charge on any atom is -0.453 e. The third-order valence-corrected chi connectivity index (χ3v) is 2.30. The predicted molar refractivity (Wildman–Crippen MR) is 62.1 cm³/mol. The third-order valence-electron chi connectivity index (χ3n) is 2.30. The molecule has 0 N–H and O–H groups in total. The first-order valence-electron chi connectivity index (χ1n) is 5.20. The number of nitro groups is 1. The van der Waals surface area contributed by atoms with Crippen molar-refractivity contribution in [2.24, 2.45) is 0 Å². The monoisotopic (exact) mass is 266 g/mol. The maximum atomic E-state index is 13.0. The van der Waals surface area contributed by atoms with Crippen LogP contribution in [-0.2, 0) is 0 Å². The zero-order valence-corrected chi connectivity index (χ0v) is 9.76. The van der Waals surface area contributed by atoms with E-state index < -0.39 is 16.6 Å². The molecule has 0 aliphatic heterocycles. The number of hydrogen-bond donors (Lipinski definition) is 0. The van der Waals surface area contributed by atoms with E-state index in [2.05, 4.69) is 4.98 Å². The first-order valence-corrected chi connectivity index (χ1v) is 5.20. The molecule has 0 saturated heterocycles. The van der Waals surface area contributed by atoms with E-state index in [9.17, 15) is 18.9 Å². The van der Waals surface area contributed by atoms with Gasteiger partial charge in [-0.15, -0.1) is 0 Å². The summed E-state index contributed by atoms with van der Waals surface area (Å²) in [6.45, 7) is 1.57. The fraction of sp³-hybridized carbons (Fsp3) is 0.0833. The Labute approximate surface area is 106 Å². The lowest BCUT2D eigenvalue weighted by Crippen LogP contribution is -1.95. The Morgan fingerprint density at radius 2 is 1.84 bits per heavy atom. The van der Waals surface area contributed by atoms with Crippen LogP contribution in [-0.4, -0.2) is 9.91 Å². The van der Waals surface area contributed by atoms with Crippen LogP contribution in [0, 0.1) is 28.7 Å². The number of nitrogens with zero attached hydrogens (tertiary/aromatic N) is 2. The molecule has 0 spiro atoms. The molecule has 1 heterocycles. The Kier molecular flexibility index (Phi) is 3.37. The number of pyridine rings is 1. The minimum atomic E-state index is -0.775. The quantitative estimate of drug-likeness (QED) is 0.631. The lowest BCUT2D eigenvalue weighted by atomic mass is 10.2. The average molecular weight is 266 g/mol. The Hall–Kier alpha value is -2.57. The molecule has 0 unspecified atom stereocenters. The molecule has 98 valence electrons. The van der Waals surface area contributed by atoms with Gasteiger partial charge in [0.25, 0.3) is 0 Å². The molecule has 7 heteroatoms. The van der Waals surface area contributed by atoms with Crippen molar-refractivity contribution in [3.63, 3.8) is 0 Å². The molecular weight excluding hydrogens is 258 g/mol. The van der Waals surface area contributed by atoms with Gasteiger partial charge in [0.15, 0.2) is 11.9 Å². The number of aromatic nitrogens is 1. The van der Waals surface area contributed by atoms with Crippen LogP contribution in [0.1, 0.15) is 5.56 Å². The van der Waals surface area contributed by atoms with Crippen molar-refractivity contribution >= 4 is 5.82 Å². The van der Waals surface area contributed by atoms with Crippen molar-refractivity contribution in [3.8, 4) is 11.5 Å². The van der Waals surface area contributed by atoms with E-state index in [1.54, 1.807) is 6.92 Å². The Morgan fingerprint density at radius 1 is 1.21 bits per heavy atom. The number of ether oxygens (including phenoxy) is 1. The Balaban J connectivity index is 2.30. The van der Waals surface area contributed by atoms with Gasteiger partial charge in [0, 0.05) is 29.8 Å². The largest absolute Gasteiger partial charge is 0.453 e. The number of halogens is 2. The number of benzene rings is 1. The first kappa shape index (κ1) is 12.9. The molecule has 19 heavy (non-hydrogen) atoms. The summed E-state index contributed by atoms with van der Waals surface area (Å²) in [5.74, 6) is -1.73. The van der Waals surface area contributed by atoms with Gasteiger partial charge >= 0.3 is 5.82 Å². The molecule has 0 amide bonds. The lowest BCUT2D eigenvalue weighted by Gasteiger charge is -2.07. The van der Waals surface area contributed by atoms with Gasteiger partial charge in [0.05, 0.1) is 0 Å². The van der Waals surface area contributed by atoms with Crippen molar-refractivity contribution in [1.29, 1.82) is 0 Å². The van der Waals surface area contributed by atoms with Crippen molar-refractivity contribution in [1.82, 2.24) is 4.98 Å². The summed E-state index contributed by atoms with van der Waals surface area (Å²) in [5.41, 5.74) is 0.436. The fourth-order valence-corrected chi connectivity index (χ4v) is 1.45. The van der Waals surface area contributed by atoms with Gasteiger partial charge in [0.1, 0.15) is 17.4 Å². The number of hydrogen-bond acceptors (Lipinski definition) is 4. The molecule has 0 aliphatic carbocycles. The summed E-state index contributed by atoms with van der Waals surface area (Å²) in [6, 6.07) is 3.94. The van der Waals surface area contributed by atoms with E-state index in [1.165, 1.54) is 6.07 Å². The molecule has 0 fully saturated rings. The van der Waals surface area contributed by atoms with Gasteiger partial charge in [-0.3, -0.25) is 0 Å². The standard InChI is InChI=1S/C12H8F2N2O3/c1-7-2-12(16(17)18)15-6-11(7)19-10-4-8(13)3-9(14)5-10/h2-6H,1H3.